The third-order valence-corrected chi connectivity index (χ3v) is 2.08. The van der Waals surface area contributed by atoms with Gasteiger partial charge in [-0.1, -0.05) is 12.2 Å². The number of non-ortho nitro benzene ring substituents is 1. The zero-order valence-electron chi connectivity index (χ0n) is 9.76. The number of benzene rings is 1. The Morgan fingerprint density at radius 1 is 1.56 bits per heavy atom. The summed E-state index contributed by atoms with van der Waals surface area (Å²) in [4.78, 5) is 20.9. The molecule has 18 heavy (non-hydrogen) atoms. The molecule has 0 fully saturated rings. The molecular formula is C12H12FNO4. The van der Waals surface area contributed by atoms with Crippen molar-refractivity contribution in [3.05, 3.63) is 45.8 Å². The second-order valence-electron chi connectivity index (χ2n) is 3.37. The Labute approximate surface area is 103 Å². The fourth-order valence-corrected chi connectivity index (χ4v) is 1.27. The van der Waals surface area contributed by atoms with Crippen LogP contribution in [0, 0.1) is 15.9 Å². The van der Waals surface area contributed by atoms with Crippen LogP contribution in [0.2, 0.25) is 0 Å². The summed E-state index contributed by atoms with van der Waals surface area (Å²) in [6, 6.07) is 3.21. The maximum absolute atomic E-state index is 13.3. The number of nitro benzene ring substituents is 1. The third-order valence-electron chi connectivity index (χ3n) is 2.08. The molecule has 0 unspecified atom stereocenters. The number of halogens is 1. The topological polar surface area (TPSA) is 69.4 Å². The van der Waals surface area contributed by atoms with Gasteiger partial charge in [0.1, 0.15) is 5.82 Å². The van der Waals surface area contributed by atoms with E-state index in [1.165, 1.54) is 12.2 Å². The molecule has 0 aromatic heterocycles. The number of esters is 1. The van der Waals surface area contributed by atoms with E-state index in [4.69, 9.17) is 0 Å². The van der Waals surface area contributed by atoms with Crippen molar-refractivity contribution in [2.24, 2.45) is 0 Å². The van der Waals surface area contributed by atoms with E-state index in [1.54, 1.807) is 6.92 Å². The molecule has 1 aromatic rings. The van der Waals surface area contributed by atoms with Crippen molar-refractivity contribution in [2.75, 3.05) is 6.61 Å². The Morgan fingerprint density at radius 2 is 2.28 bits per heavy atom. The van der Waals surface area contributed by atoms with E-state index in [-0.39, 0.29) is 24.3 Å². The normalized spacial score (nSPS) is 10.6. The second kappa shape index (κ2) is 6.48. The van der Waals surface area contributed by atoms with Gasteiger partial charge in [-0.2, -0.15) is 0 Å². The van der Waals surface area contributed by atoms with Crippen LogP contribution in [-0.4, -0.2) is 17.5 Å². The monoisotopic (exact) mass is 253 g/mol. The van der Waals surface area contributed by atoms with Gasteiger partial charge < -0.3 is 4.74 Å². The van der Waals surface area contributed by atoms with E-state index < -0.39 is 16.7 Å². The number of carbonyl (C=O) groups is 1. The molecule has 0 radical (unpaired) electrons. The fraction of sp³-hybridized carbons (Fsp3) is 0.250. The SMILES string of the molecule is CCOC(=O)CC=Cc1cc([N+](=O)[O-])ccc1F. The summed E-state index contributed by atoms with van der Waals surface area (Å²) in [6.45, 7) is 1.96. The first kappa shape index (κ1) is 13.8. The summed E-state index contributed by atoms with van der Waals surface area (Å²) in [5.41, 5.74) is -0.138. The molecule has 0 aliphatic rings. The highest BCUT2D eigenvalue weighted by atomic mass is 19.1. The van der Waals surface area contributed by atoms with Gasteiger partial charge in [0.15, 0.2) is 0 Å². The van der Waals surface area contributed by atoms with Gasteiger partial charge in [-0.3, -0.25) is 14.9 Å². The number of ether oxygens (including phenoxy) is 1. The molecule has 5 nitrogen and oxygen atoms in total. The van der Waals surface area contributed by atoms with E-state index in [1.807, 2.05) is 0 Å². The Bertz CT molecular complexity index is 485. The molecule has 6 heteroatoms. The van der Waals surface area contributed by atoms with Crippen molar-refractivity contribution >= 4 is 17.7 Å². The Morgan fingerprint density at radius 3 is 2.89 bits per heavy atom. The highest BCUT2D eigenvalue weighted by Crippen LogP contribution is 2.18. The van der Waals surface area contributed by atoms with Gasteiger partial charge >= 0.3 is 5.97 Å². The number of carbonyl (C=O) groups excluding carboxylic acids is 1. The van der Waals surface area contributed by atoms with Crippen molar-refractivity contribution in [1.29, 1.82) is 0 Å². The number of hydrogen-bond donors (Lipinski definition) is 0. The molecule has 0 saturated carbocycles. The lowest BCUT2D eigenvalue weighted by molar-refractivity contribution is -0.384. The lowest BCUT2D eigenvalue weighted by atomic mass is 10.1. The number of nitrogens with zero attached hydrogens (tertiary/aromatic N) is 1. The Balaban J connectivity index is 2.77. The summed E-state index contributed by atoms with van der Waals surface area (Å²) >= 11 is 0. The zero-order valence-corrected chi connectivity index (χ0v) is 9.76. The summed E-state index contributed by atoms with van der Waals surface area (Å²) in [6.07, 6.45) is 2.72. The van der Waals surface area contributed by atoms with E-state index in [0.717, 1.165) is 18.2 Å². The summed E-state index contributed by atoms with van der Waals surface area (Å²) < 4.78 is 18.0. The maximum atomic E-state index is 13.3. The van der Waals surface area contributed by atoms with Crippen molar-refractivity contribution in [3.8, 4) is 0 Å². The minimum atomic E-state index is -0.609. The van der Waals surface area contributed by atoms with E-state index >= 15 is 0 Å². The minimum Gasteiger partial charge on any atom is -0.466 e. The lowest BCUT2D eigenvalue weighted by Crippen LogP contribution is -2.01. The van der Waals surface area contributed by atoms with Crippen LogP contribution in [0.15, 0.2) is 24.3 Å². The van der Waals surface area contributed by atoms with Gasteiger partial charge in [0.05, 0.1) is 18.0 Å². The van der Waals surface area contributed by atoms with Crippen LogP contribution < -0.4 is 0 Å². The predicted octanol–water partition coefficient (Wildman–Crippen LogP) is 2.70. The second-order valence-corrected chi connectivity index (χ2v) is 3.37. The molecule has 1 rings (SSSR count). The van der Waals surface area contributed by atoms with Crippen molar-refractivity contribution in [2.45, 2.75) is 13.3 Å². The van der Waals surface area contributed by atoms with Gasteiger partial charge in [0, 0.05) is 17.7 Å². The van der Waals surface area contributed by atoms with Crippen LogP contribution in [0.4, 0.5) is 10.1 Å². The molecular weight excluding hydrogens is 241 g/mol. The first-order valence-corrected chi connectivity index (χ1v) is 5.30. The van der Waals surface area contributed by atoms with Crippen LogP contribution >= 0.6 is 0 Å². The molecule has 0 aliphatic carbocycles. The smallest absolute Gasteiger partial charge is 0.309 e. The molecule has 0 amide bonds. The van der Waals surface area contributed by atoms with Crippen molar-refractivity contribution in [1.82, 2.24) is 0 Å². The quantitative estimate of drug-likeness (QED) is 0.459. The fourth-order valence-electron chi connectivity index (χ4n) is 1.27. The zero-order chi connectivity index (χ0) is 13.5. The maximum Gasteiger partial charge on any atom is 0.309 e. The summed E-state index contributed by atoms with van der Waals surface area (Å²) in [5.74, 6) is -1.01. The average molecular weight is 253 g/mol. The number of hydrogen-bond acceptors (Lipinski definition) is 4. The van der Waals surface area contributed by atoms with Crippen molar-refractivity contribution < 1.29 is 18.8 Å². The number of nitro groups is 1. The van der Waals surface area contributed by atoms with E-state index in [9.17, 15) is 19.3 Å². The summed E-state index contributed by atoms with van der Waals surface area (Å²) in [5, 5.41) is 10.5. The van der Waals surface area contributed by atoms with Gasteiger partial charge in [-0.15, -0.1) is 0 Å². The molecule has 0 atom stereocenters. The molecule has 0 spiro atoms. The highest BCUT2D eigenvalue weighted by molar-refractivity contribution is 5.72. The summed E-state index contributed by atoms with van der Waals surface area (Å²) in [7, 11) is 0. The molecule has 0 bridgehead atoms. The van der Waals surface area contributed by atoms with Crippen LogP contribution in [0.25, 0.3) is 6.08 Å². The third kappa shape index (κ3) is 3.97. The molecule has 96 valence electrons. The van der Waals surface area contributed by atoms with Crippen LogP contribution in [0.5, 0.6) is 0 Å². The van der Waals surface area contributed by atoms with Gasteiger partial charge in [-0.05, 0) is 13.0 Å². The first-order chi connectivity index (χ1) is 8.54. The molecule has 0 heterocycles. The largest absolute Gasteiger partial charge is 0.466 e. The van der Waals surface area contributed by atoms with Gasteiger partial charge in [-0.25, -0.2) is 4.39 Å². The Hall–Kier alpha value is -2.24. The van der Waals surface area contributed by atoms with Gasteiger partial charge in [0.25, 0.3) is 5.69 Å². The molecule has 1 aromatic carbocycles. The molecule has 0 saturated heterocycles. The van der Waals surface area contributed by atoms with Crippen LogP contribution in [-0.2, 0) is 9.53 Å². The number of rotatable bonds is 5. The standard InChI is InChI=1S/C12H12FNO4/c1-2-18-12(15)5-3-4-9-8-10(14(16)17)6-7-11(9)13/h3-4,6-8H,2,5H2,1H3. The Kier molecular flexibility index (Phi) is 4.98. The first-order valence-electron chi connectivity index (χ1n) is 5.30. The van der Waals surface area contributed by atoms with E-state index in [0.29, 0.717) is 0 Å². The highest BCUT2D eigenvalue weighted by Gasteiger charge is 2.08. The van der Waals surface area contributed by atoms with Gasteiger partial charge in [0.2, 0.25) is 0 Å². The predicted molar refractivity (Wildman–Crippen MR) is 63.3 cm³/mol. The lowest BCUT2D eigenvalue weighted by Gasteiger charge is -1.98. The van der Waals surface area contributed by atoms with E-state index in [2.05, 4.69) is 4.74 Å². The molecule has 0 aliphatic heterocycles. The van der Waals surface area contributed by atoms with Crippen molar-refractivity contribution in [3.63, 3.8) is 0 Å². The average Bonchev–Trinajstić information content (AvgIpc) is 2.31. The minimum absolute atomic E-state index is 0.00400. The molecule has 0 N–H and O–H groups in total. The van der Waals surface area contributed by atoms with Crippen LogP contribution in [0.3, 0.4) is 0 Å². The van der Waals surface area contributed by atoms with Crippen LogP contribution in [0.1, 0.15) is 18.9 Å².